The molecule has 1 amide bonds. The zero-order chi connectivity index (χ0) is 14.4. The van der Waals surface area contributed by atoms with E-state index in [1.165, 1.54) is 6.07 Å². The SMILES string of the molecule is CC.Cc1c[nH]c(C(=O)Nc2ccc(C)cc2F)c1. The summed E-state index contributed by atoms with van der Waals surface area (Å²) < 4.78 is 13.5. The molecule has 0 aliphatic heterocycles. The van der Waals surface area contributed by atoms with E-state index in [1.54, 1.807) is 31.3 Å². The van der Waals surface area contributed by atoms with Gasteiger partial charge in [0, 0.05) is 6.20 Å². The largest absolute Gasteiger partial charge is 0.357 e. The van der Waals surface area contributed by atoms with Crippen molar-refractivity contribution in [3.05, 3.63) is 53.1 Å². The summed E-state index contributed by atoms with van der Waals surface area (Å²) in [4.78, 5) is 14.6. The molecular formula is C15H19FN2O. The number of halogens is 1. The van der Waals surface area contributed by atoms with Crippen LogP contribution in [0.5, 0.6) is 0 Å². The Morgan fingerprint density at radius 3 is 2.37 bits per heavy atom. The third-order valence-electron chi connectivity index (χ3n) is 2.44. The van der Waals surface area contributed by atoms with Gasteiger partial charge in [0.1, 0.15) is 11.5 Å². The van der Waals surface area contributed by atoms with E-state index < -0.39 is 5.82 Å². The Morgan fingerprint density at radius 1 is 1.16 bits per heavy atom. The molecule has 19 heavy (non-hydrogen) atoms. The van der Waals surface area contributed by atoms with Gasteiger partial charge >= 0.3 is 0 Å². The van der Waals surface area contributed by atoms with Gasteiger partial charge in [-0.25, -0.2) is 4.39 Å². The lowest BCUT2D eigenvalue weighted by atomic mass is 10.2. The van der Waals surface area contributed by atoms with Crippen LogP contribution in [0.25, 0.3) is 0 Å². The molecule has 0 saturated carbocycles. The number of aryl methyl sites for hydroxylation is 2. The fourth-order valence-corrected chi connectivity index (χ4v) is 1.54. The molecule has 1 aromatic carbocycles. The molecule has 0 aliphatic carbocycles. The van der Waals surface area contributed by atoms with Crippen molar-refractivity contribution in [1.82, 2.24) is 4.98 Å². The van der Waals surface area contributed by atoms with Crippen LogP contribution in [0, 0.1) is 19.7 Å². The first kappa shape index (κ1) is 15.0. The second kappa shape index (κ2) is 6.73. The Bertz CT molecular complexity index is 561. The molecule has 0 fully saturated rings. The third-order valence-corrected chi connectivity index (χ3v) is 2.44. The highest BCUT2D eigenvalue weighted by atomic mass is 19.1. The number of anilines is 1. The molecule has 0 spiro atoms. The van der Waals surface area contributed by atoms with Gasteiger partial charge in [0.15, 0.2) is 0 Å². The number of aromatic nitrogens is 1. The van der Waals surface area contributed by atoms with Crippen molar-refractivity contribution >= 4 is 11.6 Å². The van der Waals surface area contributed by atoms with Crippen LogP contribution in [-0.2, 0) is 0 Å². The number of rotatable bonds is 2. The number of H-pyrrole nitrogens is 1. The van der Waals surface area contributed by atoms with Crippen LogP contribution in [0.2, 0.25) is 0 Å². The molecule has 0 aliphatic rings. The Morgan fingerprint density at radius 2 is 1.84 bits per heavy atom. The number of hydrogen-bond donors (Lipinski definition) is 2. The number of nitrogens with one attached hydrogen (secondary N) is 2. The average Bonchev–Trinajstić information content (AvgIpc) is 2.82. The van der Waals surface area contributed by atoms with E-state index in [0.29, 0.717) is 5.69 Å². The number of aromatic amines is 1. The fourth-order valence-electron chi connectivity index (χ4n) is 1.54. The van der Waals surface area contributed by atoms with Crippen LogP contribution in [0.15, 0.2) is 30.5 Å². The van der Waals surface area contributed by atoms with Crippen LogP contribution >= 0.6 is 0 Å². The normalized spacial score (nSPS) is 9.53. The number of amides is 1. The highest BCUT2D eigenvalue weighted by molar-refractivity contribution is 6.03. The first-order chi connectivity index (χ1) is 9.06. The Hall–Kier alpha value is -2.10. The molecule has 0 bridgehead atoms. The van der Waals surface area contributed by atoms with Crippen molar-refractivity contribution in [2.45, 2.75) is 27.7 Å². The Kier molecular flexibility index (Phi) is 5.30. The molecule has 4 heteroatoms. The maximum Gasteiger partial charge on any atom is 0.272 e. The first-order valence-electron chi connectivity index (χ1n) is 6.29. The smallest absolute Gasteiger partial charge is 0.272 e. The number of benzene rings is 1. The topological polar surface area (TPSA) is 44.9 Å². The lowest BCUT2D eigenvalue weighted by molar-refractivity contribution is 0.102. The molecule has 3 nitrogen and oxygen atoms in total. The summed E-state index contributed by atoms with van der Waals surface area (Å²) >= 11 is 0. The van der Waals surface area contributed by atoms with Gasteiger partial charge in [0.2, 0.25) is 0 Å². The number of hydrogen-bond acceptors (Lipinski definition) is 1. The van der Waals surface area contributed by atoms with E-state index >= 15 is 0 Å². The van der Waals surface area contributed by atoms with Crippen molar-refractivity contribution in [1.29, 1.82) is 0 Å². The third kappa shape index (κ3) is 3.95. The van der Waals surface area contributed by atoms with Gasteiger partial charge in [-0.15, -0.1) is 0 Å². The van der Waals surface area contributed by atoms with E-state index in [4.69, 9.17) is 0 Å². The van der Waals surface area contributed by atoms with Gasteiger partial charge in [-0.3, -0.25) is 4.79 Å². The van der Waals surface area contributed by atoms with Gasteiger partial charge in [0.05, 0.1) is 5.69 Å². The highest BCUT2D eigenvalue weighted by Crippen LogP contribution is 2.16. The minimum Gasteiger partial charge on any atom is -0.357 e. The molecule has 2 aromatic rings. The summed E-state index contributed by atoms with van der Waals surface area (Å²) in [6.07, 6.45) is 1.72. The van der Waals surface area contributed by atoms with Gasteiger partial charge in [-0.1, -0.05) is 19.9 Å². The van der Waals surface area contributed by atoms with Crippen LogP contribution in [0.3, 0.4) is 0 Å². The van der Waals surface area contributed by atoms with E-state index in [1.807, 2.05) is 20.8 Å². The van der Waals surface area contributed by atoms with Gasteiger partial charge in [0.25, 0.3) is 5.91 Å². The second-order valence-corrected chi connectivity index (χ2v) is 4.03. The molecule has 2 N–H and O–H groups in total. The van der Waals surface area contributed by atoms with Crippen molar-refractivity contribution in [2.24, 2.45) is 0 Å². The molecule has 0 unspecified atom stereocenters. The molecule has 0 atom stereocenters. The molecule has 2 rings (SSSR count). The van der Waals surface area contributed by atoms with Crippen LogP contribution < -0.4 is 5.32 Å². The maximum absolute atomic E-state index is 13.5. The first-order valence-corrected chi connectivity index (χ1v) is 6.29. The molecule has 0 saturated heterocycles. The summed E-state index contributed by atoms with van der Waals surface area (Å²) in [5, 5.41) is 2.52. The molecule has 1 aromatic heterocycles. The van der Waals surface area contributed by atoms with Crippen molar-refractivity contribution < 1.29 is 9.18 Å². The molecule has 0 radical (unpaired) electrons. The van der Waals surface area contributed by atoms with E-state index in [-0.39, 0.29) is 11.6 Å². The predicted octanol–water partition coefficient (Wildman–Crippen LogP) is 4.05. The fraction of sp³-hybridized carbons (Fsp3) is 0.267. The van der Waals surface area contributed by atoms with Crippen molar-refractivity contribution in [2.75, 3.05) is 5.32 Å². The average molecular weight is 262 g/mol. The van der Waals surface area contributed by atoms with Gasteiger partial charge in [-0.2, -0.15) is 0 Å². The highest BCUT2D eigenvalue weighted by Gasteiger charge is 2.10. The van der Waals surface area contributed by atoms with Gasteiger partial charge < -0.3 is 10.3 Å². The van der Waals surface area contributed by atoms with E-state index in [2.05, 4.69) is 10.3 Å². The maximum atomic E-state index is 13.5. The Balaban J connectivity index is 0.000000861. The monoisotopic (exact) mass is 262 g/mol. The summed E-state index contributed by atoms with van der Waals surface area (Å²) in [6.45, 7) is 7.67. The van der Waals surface area contributed by atoms with Crippen LogP contribution in [0.1, 0.15) is 35.5 Å². The second-order valence-electron chi connectivity index (χ2n) is 4.03. The van der Waals surface area contributed by atoms with Crippen molar-refractivity contribution in [3.63, 3.8) is 0 Å². The minimum absolute atomic E-state index is 0.188. The lowest BCUT2D eigenvalue weighted by Crippen LogP contribution is -2.13. The summed E-state index contributed by atoms with van der Waals surface area (Å²) in [5.41, 5.74) is 2.38. The summed E-state index contributed by atoms with van der Waals surface area (Å²) in [6, 6.07) is 6.40. The summed E-state index contributed by atoms with van der Waals surface area (Å²) in [7, 11) is 0. The lowest BCUT2D eigenvalue weighted by Gasteiger charge is -2.05. The predicted molar refractivity (Wildman–Crippen MR) is 76.0 cm³/mol. The quantitative estimate of drug-likeness (QED) is 0.842. The molecular weight excluding hydrogens is 243 g/mol. The van der Waals surface area contributed by atoms with Crippen LogP contribution in [-0.4, -0.2) is 10.9 Å². The summed E-state index contributed by atoms with van der Waals surface area (Å²) in [5.74, 6) is -0.775. The number of carbonyl (C=O) groups is 1. The van der Waals surface area contributed by atoms with Crippen molar-refractivity contribution in [3.8, 4) is 0 Å². The van der Waals surface area contributed by atoms with Crippen LogP contribution in [0.4, 0.5) is 10.1 Å². The zero-order valence-electron chi connectivity index (χ0n) is 11.7. The van der Waals surface area contributed by atoms with Gasteiger partial charge in [-0.05, 0) is 43.2 Å². The Labute approximate surface area is 112 Å². The van der Waals surface area contributed by atoms with E-state index in [0.717, 1.165) is 11.1 Å². The standard InChI is InChI=1S/C13H13FN2O.C2H6/c1-8-3-4-11(10(14)5-8)16-13(17)12-6-9(2)7-15-12;1-2/h3-7,15H,1-2H3,(H,16,17);1-2H3. The number of carbonyl (C=O) groups excluding carboxylic acids is 1. The molecule has 1 heterocycles. The minimum atomic E-state index is -0.429. The van der Waals surface area contributed by atoms with E-state index in [9.17, 15) is 9.18 Å². The molecule has 102 valence electrons. The zero-order valence-corrected chi connectivity index (χ0v) is 11.7.